The molecule has 2 aromatic carbocycles. The van der Waals surface area contributed by atoms with Crippen LogP contribution >= 0.6 is 11.6 Å². The number of aryl methyl sites for hydroxylation is 1. The van der Waals surface area contributed by atoms with Crippen LogP contribution in [-0.4, -0.2) is 29.6 Å². The molecule has 1 saturated heterocycles. The van der Waals surface area contributed by atoms with Crippen molar-refractivity contribution >= 4 is 11.6 Å². The molecule has 2 aromatic rings. The predicted octanol–water partition coefficient (Wildman–Crippen LogP) is 5.74. The highest BCUT2D eigenvalue weighted by molar-refractivity contribution is 6.30. The topological polar surface area (TPSA) is 23.5 Å². The van der Waals surface area contributed by atoms with E-state index >= 15 is 0 Å². The number of hydrogen-bond donors (Lipinski definition) is 1. The lowest BCUT2D eigenvalue weighted by Gasteiger charge is -2.34. The average Bonchev–Trinajstić information content (AvgIpc) is 2.67. The second-order valence-corrected chi connectivity index (χ2v) is 8.00. The van der Waals surface area contributed by atoms with Crippen molar-refractivity contribution in [3.8, 4) is 0 Å². The summed E-state index contributed by atoms with van der Waals surface area (Å²) in [7, 11) is 0. The molecule has 0 radical (unpaired) electrons. The van der Waals surface area contributed by atoms with E-state index in [9.17, 15) is 18.3 Å². The normalized spacial score (nSPS) is 19.5. The Bertz CT molecular complexity index is 746. The molecule has 28 heavy (non-hydrogen) atoms. The van der Waals surface area contributed by atoms with Crippen molar-refractivity contribution in [3.63, 3.8) is 0 Å². The maximum absolute atomic E-state index is 12.7. The molecule has 0 saturated carbocycles. The zero-order valence-corrected chi connectivity index (χ0v) is 16.4. The van der Waals surface area contributed by atoms with Crippen molar-refractivity contribution in [3.05, 3.63) is 70.2 Å². The number of piperidine rings is 1. The van der Waals surface area contributed by atoms with Crippen LogP contribution in [0, 0.1) is 5.92 Å². The Morgan fingerprint density at radius 2 is 1.75 bits per heavy atom. The first-order valence-electron chi connectivity index (χ1n) is 9.63. The van der Waals surface area contributed by atoms with Crippen LogP contribution in [0.1, 0.15) is 42.1 Å². The summed E-state index contributed by atoms with van der Waals surface area (Å²) in [4.78, 5) is 2.28. The van der Waals surface area contributed by atoms with E-state index in [1.165, 1.54) is 0 Å². The first-order valence-corrected chi connectivity index (χ1v) is 10.0. The largest absolute Gasteiger partial charge is 0.416 e. The Morgan fingerprint density at radius 1 is 1.07 bits per heavy atom. The average molecular weight is 412 g/mol. The van der Waals surface area contributed by atoms with Gasteiger partial charge in [-0.3, -0.25) is 0 Å². The van der Waals surface area contributed by atoms with Gasteiger partial charge in [-0.1, -0.05) is 35.9 Å². The minimum Gasteiger partial charge on any atom is -0.387 e. The summed E-state index contributed by atoms with van der Waals surface area (Å²) in [5, 5.41) is 11.1. The number of nitrogens with zero attached hydrogens (tertiary/aromatic N) is 1. The number of aliphatic hydroxyl groups excluding tert-OH is 1. The zero-order valence-electron chi connectivity index (χ0n) is 15.6. The molecule has 2 atom stereocenters. The van der Waals surface area contributed by atoms with Gasteiger partial charge in [-0.25, -0.2) is 0 Å². The molecule has 1 heterocycles. The lowest BCUT2D eigenvalue weighted by atomic mass is 9.91. The van der Waals surface area contributed by atoms with Crippen LogP contribution < -0.4 is 0 Å². The van der Waals surface area contributed by atoms with E-state index < -0.39 is 17.8 Å². The highest BCUT2D eigenvalue weighted by Crippen LogP contribution is 2.30. The molecule has 1 N–H and O–H groups in total. The van der Waals surface area contributed by atoms with E-state index in [0.29, 0.717) is 17.5 Å². The number of halogens is 4. The summed E-state index contributed by atoms with van der Waals surface area (Å²) in [5.41, 5.74) is 1.19. The van der Waals surface area contributed by atoms with Crippen LogP contribution in [0.25, 0.3) is 0 Å². The van der Waals surface area contributed by atoms with E-state index in [0.717, 1.165) is 62.0 Å². The van der Waals surface area contributed by atoms with Crippen LogP contribution in [0.2, 0.25) is 5.02 Å². The highest BCUT2D eigenvalue weighted by atomic mass is 35.5. The Labute approximate surface area is 168 Å². The van der Waals surface area contributed by atoms with Crippen molar-refractivity contribution in [2.45, 2.75) is 38.0 Å². The Morgan fingerprint density at radius 3 is 2.39 bits per heavy atom. The molecule has 1 fully saturated rings. The quantitative estimate of drug-likeness (QED) is 0.655. The minimum atomic E-state index is -4.28. The van der Waals surface area contributed by atoms with Crippen molar-refractivity contribution in [2.24, 2.45) is 5.92 Å². The van der Waals surface area contributed by atoms with E-state index in [1.807, 2.05) is 12.1 Å². The van der Waals surface area contributed by atoms with Crippen molar-refractivity contribution in [1.29, 1.82) is 0 Å². The monoisotopic (exact) mass is 411 g/mol. The zero-order chi connectivity index (χ0) is 20.1. The predicted molar refractivity (Wildman–Crippen MR) is 105 cm³/mol. The SMILES string of the molecule is O[C@@H](CN1CCC[C@H](CCc2ccc(C(F)(F)F)cc2)C1)c1ccc(Cl)cc1. The molecule has 0 aliphatic carbocycles. The number of rotatable bonds is 6. The Balaban J connectivity index is 1.48. The fraction of sp³-hybridized carbons (Fsp3) is 0.455. The van der Waals surface area contributed by atoms with E-state index in [2.05, 4.69) is 4.90 Å². The third-order valence-corrected chi connectivity index (χ3v) is 5.66. The number of likely N-dealkylation sites (tertiary alicyclic amines) is 1. The molecule has 152 valence electrons. The lowest BCUT2D eigenvalue weighted by molar-refractivity contribution is -0.137. The van der Waals surface area contributed by atoms with Gasteiger partial charge >= 0.3 is 6.18 Å². The Hall–Kier alpha value is -1.56. The van der Waals surface area contributed by atoms with Crippen LogP contribution in [0.3, 0.4) is 0 Å². The fourth-order valence-corrected chi connectivity index (χ4v) is 3.94. The van der Waals surface area contributed by atoms with Crippen LogP contribution in [-0.2, 0) is 12.6 Å². The van der Waals surface area contributed by atoms with Crippen molar-refractivity contribution in [2.75, 3.05) is 19.6 Å². The summed E-state index contributed by atoms with van der Waals surface area (Å²) >= 11 is 5.90. The van der Waals surface area contributed by atoms with Gasteiger partial charge < -0.3 is 10.0 Å². The molecular weight excluding hydrogens is 387 g/mol. The second-order valence-electron chi connectivity index (χ2n) is 7.57. The maximum Gasteiger partial charge on any atom is 0.416 e. The Kier molecular flexibility index (Phi) is 7.02. The second kappa shape index (κ2) is 9.29. The summed E-state index contributed by atoms with van der Waals surface area (Å²) in [6, 6.07) is 12.7. The van der Waals surface area contributed by atoms with Crippen LogP contribution in [0.4, 0.5) is 13.2 Å². The third kappa shape index (κ3) is 5.97. The standard InChI is InChI=1S/C22H25ClF3NO/c23-20-11-7-18(8-12-20)21(28)15-27-13-1-2-17(14-27)4-3-16-5-9-19(10-6-16)22(24,25)26/h5-12,17,21,28H,1-4,13-15H2/t17-,21+/m1/s1. The molecule has 0 aromatic heterocycles. The van der Waals surface area contributed by atoms with E-state index in [1.54, 1.807) is 24.3 Å². The molecule has 0 spiro atoms. The summed E-state index contributed by atoms with van der Waals surface area (Å²) in [6.45, 7) is 2.45. The molecule has 0 amide bonds. The number of benzene rings is 2. The first-order chi connectivity index (χ1) is 13.3. The molecule has 2 nitrogen and oxygen atoms in total. The van der Waals surface area contributed by atoms with Gasteiger partial charge in [0.1, 0.15) is 0 Å². The molecule has 0 unspecified atom stereocenters. The molecule has 6 heteroatoms. The van der Waals surface area contributed by atoms with Gasteiger partial charge in [0.05, 0.1) is 11.7 Å². The fourth-order valence-electron chi connectivity index (χ4n) is 3.82. The van der Waals surface area contributed by atoms with Gasteiger partial charge in [-0.15, -0.1) is 0 Å². The third-order valence-electron chi connectivity index (χ3n) is 5.41. The number of hydrogen-bond acceptors (Lipinski definition) is 2. The molecule has 1 aliphatic rings. The molecule has 0 bridgehead atoms. The number of aliphatic hydroxyl groups is 1. The van der Waals surface area contributed by atoms with Gasteiger partial charge in [0, 0.05) is 18.1 Å². The maximum atomic E-state index is 12.7. The van der Waals surface area contributed by atoms with E-state index in [4.69, 9.17) is 11.6 Å². The lowest BCUT2D eigenvalue weighted by Crippen LogP contribution is -2.38. The van der Waals surface area contributed by atoms with Crippen molar-refractivity contribution < 1.29 is 18.3 Å². The summed E-state index contributed by atoms with van der Waals surface area (Å²) in [6.07, 6.45) is -0.923. The van der Waals surface area contributed by atoms with Gasteiger partial charge in [0.25, 0.3) is 0 Å². The minimum absolute atomic E-state index is 0.494. The van der Waals surface area contributed by atoms with Gasteiger partial charge in [0.2, 0.25) is 0 Å². The van der Waals surface area contributed by atoms with Crippen LogP contribution in [0.5, 0.6) is 0 Å². The van der Waals surface area contributed by atoms with Crippen LogP contribution in [0.15, 0.2) is 48.5 Å². The summed E-state index contributed by atoms with van der Waals surface area (Å²) < 4.78 is 38.0. The smallest absolute Gasteiger partial charge is 0.387 e. The van der Waals surface area contributed by atoms with Gasteiger partial charge in [-0.05, 0) is 73.5 Å². The number of alkyl halides is 3. The van der Waals surface area contributed by atoms with Crippen molar-refractivity contribution in [1.82, 2.24) is 4.90 Å². The first kappa shape index (κ1) is 21.2. The molecular formula is C22H25ClF3NO. The highest BCUT2D eigenvalue weighted by Gasteiger charge is 2.30. The summed E-state index contributed by atoms with van der Waals surface area (Å²) in [5.74, 6) is 0.494. The number of β-amino-alcohol motifs (C(OH)–C–C–N with tert-alkyl or cyclic N) is 1. The molecule has 3 rings (SSSR count). The van der Waals surface area contributed by atoms with Gasteiger partial charge in [0.15, 0.2) is 0 Å². The van der Waals surface area contributed by atoms with E-state index in [-0.39, 0.29) is 0 Å². The van der Waals surface area contributed by atoms with Gasteiger partial charge in [-0.2, -0.15) is 13.2 Å². The molecule has 1 aliphatic heterocycles.